The van der Waals surface area contributed by atoms with Crippen LogP contribution in [0.1, 0.15) is 64.7 Å². The van der Waals surface area contributed by atoms with Crippen LogP contribution in [0.25, 0.3) is 0 Å². The zero-order chi connectivity index (χ0) is 26.1. The predicted molar refractivity (Wildman–Crippen MR) is 137 cm³/mol. The number of alkyl carbamates (subject to hydrolysis) is 1. The minimum atomic E-state index is -0.829. The van der Waals surface area contributed by atoms with Gasteiger partial charge < -0.3 is 24.8 Å². The van der Waals surface area contributed by atoms with Crippen LogP contribution in [0.5, 0.6) is 5.75 Å². The van der Waals surface area contributed by atoms with E-state index in [2.05, 4.69) is 29.7 Å². The number of esters is 1. The monoisotopic (exact) mass is 484 g/mol. The highest BCUT2D eigenvalue weighted by Crippen LogP contribution is 2.20. The van der Waals surface area contributed by atoms with Crippen LogP contribution in [0.4, 0.5) is 4.79 Å². The van der Waals surface area contributed by atoms with Gasteiger partial charge in [-0.2, -0.15) is 0 Å². The molecule has 192 valence electrons. The van der Waals surface area contributed by atoms with Crippen molar-refractivity contribution in [2.45, 2.75) is 85.3 Å². The third-order valence-electron chi connectivity index (χ3n) is 4.76. The number of ether oxygens (including phenoxy) is 3. The van der Waals surface area contributed by atoms with Gasteiger partial charge in [-0.15, -0.1) is 0 Å². The highest BCUT2D eigenvalue weighted by molar-refractivity contribution is 5.81. The molecule has 35 heavy (non-hydrogen) atoms. The van der Waals surface area contributed by atoms with Crippen LogP contribution >= 0.6 is 0 Å². The molecule has 0 aliphatic carbocycles. The van der Waals surface area contributed by atoms with E-state index in [0.717, 1.165) is 16.9 Å². The third-order valence-corrected chi connectivity index (χ3v) is 4.76. The smallest absolute Gasteiger partial charge is 0.408 e. The molecule has 2 aromatic rings. The molecule has 0 spiro atoms. The first-order chi connectivity index (χ1) is 16.3. The molecule has 1 atom stereocenters. The number of rotatable bonds is 10. The first-order valence-electron chi connectivity index (χ1n) is 12.0. The van der Waals surface area contributed by atoms with Gasteiger partial charge in [-0.3, -0.25) is 0 Å². The van der Waals surface area contributed by atoms with Crippen molar-refractivity contribution in [3.63, 3.8) is 0 Å². The van der Waals surface area contributed by atoms with E-state index in [9.17, 15) is 9.59 Å². The molecule has 7 nitrogen and oxygen atoms in total. The summed E-state index contributed by atoms with van der Waals surface area (Å²) in [6.45, 7) is 14.3. The largest absolute Gasteiger partial charge is 0.489 e. The molecule has 0 aliphatic heterocycles. The van der Waals surface area contributed by atoms with E-state index in [1.165, 1.54) is 5.56 Å². The lowest BCUT2D eigenvalue weighted by Gasteiger charge is -2.26. The molecule has 0 aliphatic rings. The van der Waals surface area contributed by atoms with E-state index in [-0.39, 0.29) is 0 Å². The first-order valence-corrected chi connectivity index (χ1v) is 12.0. The molecule has 0 fully saturated rings. The second-order valence-electron chi connectivity index (χ2n) is 10.6. The van der Waals surface area contributed by atoms with Crippen molar-refractivity contribution in [1.29, 1.82) is 0 Å². The normalized spacial score (nSPS) is 12.5. The number of benzene rings is 2. The summed E-state index contributed by atoms with van der Waals surface area (Å²) in [5, 5.41) is 5.99. The number of para-hydroxylation sites is 1. The Morgan fingerprint density at radius 1 is 0.914 bits per heavy atom. The van der Waals surface area contributed by atoms with Gasteiger partial charge in [0.1, 0.15) is 29.6 Å². The Bertz CT molecular complexity index is 976. The van der Waals surface area contributed by atoms with Gasteiger partial charge in [0.15, 0.2) is 0 Å². The highest BCUT2D eigenvalue weighted by Gasteiger charge is 2.28. The summed E-state index contributed by atoms with van der Waals surface area (Å²) >= 11 is 0. The van der Waals surface area contributed by atoms with Crippen molar-refractivity contribution in [3.05, 3.63) is 65.2 Å². The SMILES string of the molecule is Cc1cccc(COc2ccccc2CNCC[C@H](NC(=O)OC(C)(C)C)C(=O)OC(C)(C)C)c1. The maximum atomic E-state index is 12.7. The van der Waals surface area contributed by atoms with Crippen molar-refractivity contribution in [3.8, 4) is 5.75 Å². The average Bonchev–Trinajstić information content (AvgIpc) is 2.72. The first kappa shape index (κ1) is 28.2. The van der Waals surface area contributed by atoms with Gasteiger partial charge in [-0.05, 0) is 73.1 Å². The van der Waals surface area contributed by atoms with E-state index >= 15 is 0 Å². The standard InChI is InChI=1S/C28H40N2O5/c1-20-11-10-12-21(17-20)19-33-24-14-9-8-13-22(24)18-29-16-15-23(25(31)34-27(2,3)4)30-26(32)35-28(5,6)7/h8-14,17,23,29H,15-16,18-19H2,1-7H3,(H,30,32)/t23-/m0/s1. The fourth-order valence-corrected chi connectivity index (χ4v) is 3.29. The summed E-state index contributed by atoms with van der Waals surface area (Å²) in [5.74, 6) is 0.309. The van der Waals surface area contributed by atoms with Gasteiger partial charge in [0.2, 0.25) is 0 Å². The molecule has 0 radical (unpaired) electrons. The summed E-state index contributed by atoms with van der Waals surface area (Å²) in [7, 11) is 0. The highest BCUT2D eigenvalue weighted by atomic mass is 16.6. The van der Waals surface area contributed by atoms with Crippen LogP contribution in [0, 0.1) is 6.92 Å². The average molecular weight is 485 g/mol. The molecule has 0 bridgehead atoms. The quantitative estimate of drug-likeness (QED) is 0.352. The maximum Gasteiger partial charge on any atom is 0.408 e. The van der Waals surface area contributed by atoms with Crippen LogP contribution < -0.4 is 15.4 Å². The van der Waals surface area contributed by atoms with Crippen LogP contribution in [0.15, 0.2) is 48.5 Å². The number of hydrogen-bond acceptors (Lipinski definition) is 6. The van der Waals surface area contributed by atoms with Gasteiger partial charge in [0.25, 0.3) is 0 Å². The van der Waals surface area contributed by atoms with Crippen molar-refractivity contribution < 1.29 is 23.8 Å². The minimum absolute atomic E-state index is 0.348. The summed E-state index contributed by atoms with van der Waals surface area (Å²) < 4.78 is 16.9. The molecule has 0 saturated heterocycles. The van der Waals surface area contributed by atoms with Crippen LogP contribution in [-0.2, 0) is 27.4 Å². The predicted octanol–water partition coefficient (Wildman–Crippen LogP) is 5.29. The second-order valence-corrected chi connectivity index (χ2v) is 10.6. The fourth-order valence-electron chi connectivity index (χ4n) is 3.29. The van der Waals surface area contributed by atoms with Gasteiger partial charge in [0, 0.05) is 12.1 Å². The van der Waals surface area contributed by atoms with E-state index in [1.54, 1.807) is 41.5 Å². The fraction of sp³-hybridized carbons (Fsp3) is 0.500. The van der Waals surface area contributed by atoms with Crippen LogP contribution in [0.2, 0.25) is 0 Å². The molecule has 2 N–H and O–H groups in total. The molecule has 0 aromatic heterocycles. The summed E-state index contributed by atoms with van der Waals surface area (Å²) in [6.07, 6.45) is -0.302. The van der Waals surface area contributed by atoms with Gasteiger partial charge in [-0.25, -0.2) is 9.59 Å². The zero-order valence-corrected chi connectivity index (χ0v) is 22.1. The lowest BCUT2D eigenvalue weighted by molar-refractivity contribution is -0.157. The van der Waals surface area contributed by atoms with E-state index in [0.29, 0.717) is 26.1 Å². The molecule has 2 aromatic carbocycles. The Morgan fingerprint density at radius 3 is 2.26 bits per heavy atom. The minimum Gasteiger partial charge on any atom is -0.489 e. The molecular weight excluding hydrogens is 444 g/mol. The molecule has 1 amide bonds. The Balaban J connectivity index is 1.94. The van der Waals surface area contributed by atoms with Crippen LogP contribution in [-0.4, -0.2) is 35.9 Å². The Hall–Kier alpha value is -3.06. The van der Waals surface area contributed by atoms with Crippen molar-refractivity contribution in [2.24, 2.45) is 0 Å². The van der Waals surface area contributed by atoms with Crippen molar-refractivity contribution >= 4 is 12.1 Å². The van der Waals surface area contributed by atoms with E-state index in [4.69, 9.17) is 14.2 Å². The second kappa shape index (κ2) is 12.6. The van der Waals surface area contributed by atoms with Gasteiger partial charge in [-0.1, -0.05) is 48.0 Å². The van der Waals surface area contributed by atoms with E-state index in [1.807, 2.05) is 36.4 Å². The number of nitrogens with one attached hydrogen (secondary N) is 2. The number of hydrogen-bond donors (Lipinski definition) is 2. The molecule has 0 saturated carbocycles. The molecule has 7 heteroatoms. The summed E-state index contributed by atoms with van der Waals surface area (Å²) in [5.41, 5.74) is 1.99. The molecule has 2 rings (SSSR count). The molecular formula is C28H40N2O5. The number of amides is 1. The summed E-state index contributed by atoms with van der Waals surface area (Å²) in [4.78, 5) is 25.0. The Morgan fingerprint density at radius 2 is 1.60 bits per heavy atom. The third kappa shape index (κ3) is 11.3. The maximum absolute atomic E-state index is 12.7. The zero-order valence-electron chi connectivity index (χ0n) is 22.1. The van der Waals surface area contributed by atoms with E-state index < -0.39 is 29.3 Å². The van der Waals surface area contributed by atoms with Crippen LogP contribution in [0.3, 0.4) is 0 Å². The Kier molecular flexibility index (Phi) is 10.1. The lowest BCUT2D eigenvalue weighted by Crippen LogP contribution is -2.47. The van der Waals surface area contributed by atoms with Gasteiger partial charge in [0.05, 0.1) is 0 Å². The lowest BCUT2D eigenvalue weighted by atomic mass is 10.1. The summed E-state index contributed by atoms with van der Waals surface area (Å²) in [6, 6.07) is 15.3. The van der Waals surface area contributed by atoms with Crippen molar-refractivity contribution in [2.75, 3.05) is 6.54 Å². The van der Waals surface area contributed by atoms with Crippen molar-refractivity contribution in [1.82, 2.24) is 10.6 Å². The Labute approximate surface area is 209 Å². The number of carbonyl (C=O) groups excluding carboxylic acids is 2. The molecule has 0 heterocycles. The number of carbonyl (C=O) groups is 2. The number of aryl methyl sites for hydroxylation is 1. The topological polar surface area (TPSA) is 85.9 Å². The van der Waals surface area contributed by atoms with Gasteiger partial charge >= 0.3 is 12.1 Å². The molecule has 0 unspecified atom stereocenters.